The summed E-state index contributed by atoms with van der Waals surface area (Å²) in [6.45, 7) is 0.444. The molecule has 0 aliphatic carbocycles. The van der Waals surface area contributed by atoms with Crippen LogP contribution in [0.1, 0.15) is 16.7 Å². The van der Waals surface area contributed by atoms with Gasteiger partial charge in [0.15, 0.2) is 0 Å². The van der Waals surface area contributed by atoms with Crippen LogP contribution in [0.25, 0.3) is 10.8 Å². The zero-order valence-corrected chi connectivity index (χ0v) is 18.1. The van der Waals surface area contributed by atoms with Crippen molar-refractivity contribution in [2.75, 3.05) is 5.32 Å². The van der Waals surface area contributed by atoms with Gasteiger partial charge < -0.3 is 10.1 Å². The monoisotopic (exact) mass is 448 g/mol. The third kappa shape index (κ3) is 5.64. The average molecular weight is 448 g/mol. The first-order chi connectivity index (χ1) is 16.6. The van der Waals surface area contributed by atoms with Gasteiger partial charge in [-0.15, -0.1) is 0 Å². The molecule has 2 N–H and O–H groups in total. The molecule has 0 fully saturated rings. The molecule has 0 atom stereocenters. The Morgan fingerprint density at radius 2 is 1.62 bits per heavy atom. The molecule has 4 rings (SSSR count). The lowest BCUT2D eigenvalue weighted by molar-refractivity contribution is -0.136. The number of nitrogens with one attached hydrogen (secondary N) is 2. The number of carbonyl (C=O) groups excluding carboxylic acids is 2. The Labute approximate surface area is 196 Å². The Hall–Kier alpha value is -4.96. The van der Waals surface area contributed by atoms with Crippen LogP contribution >= 0.6 is 0 Å². The Morgan fingerprint density at radius 3 is 2.38 bits per heavy atom. The SMILES string of the molecule is N#Cc1ccc(NC(=O)C(=O)N/N=C/c2ccc(OCc3cccc4ccccc34)cc2)cc1. The zero-order chi connectivity index (χ0) is 23.8. The lowest BCUT2D eigenvalue weighted by atomic mass is 10.1. The molecule has 34 heavy (non-hydrogen) atoms. The molecule has 0 bridgehead atoms. The number of anilines is 1. The highest BCUT2D eigenvalue weighted by atomic mass is 16.5. The zero-order valence-electron chi connectivity index (χ0n) is 18.1. The molecule has 7 heteroatoms. The predicted molar refractivity (Wildman–Crippen MR) is 130 cm³/mol. The van der Waals surface area contributed by atoms with Crippen molar-refractivity contribution in [3.63, 3.8) is 0 Å². The molecule has 0 unspecified atom stereocenters. The van der Waals surface area contributed by atoms with Crippen LogP contribution in [0.3, 0.4) is 0 Å². The number of hydrazone groups is 1. The number of rotatable bonds is 6. The van der Waals surface area contributed by atoms with E-state index in [9.17, 15) is 9.59 Å². The van der Waals surface area contributed by atoms with E-state index in [1.807, 2.05) is 42.5 Å². The van der Waals surface area contributed by atoms with Crippen LogP contribution in [-0.2, 0) is 16.2 Å². The quantitative estimate of drug-likeness (QED) is 0.260. The second-order valence-electron chi connectivity index (χ2n) is 7.34. The number of fused-ring (bicyclic) bond motifs is 1. The number of hydrogen-bond donors (Lipinski definition) is 2. The van der Waals surface area contributed by atoms with Crippen molar-refractivity contribution >= 4 is 34.5 Å². The largest absolute Gasteiger partial charge is 0.489 e. The summed E-state index contributed by atoms with van der Waals surface area (Å²) >= 11 is 0. The molecule has 0 spiro atoms. The fourth-order valence-electron chi connectivity index (χ4n) is 3.26. The first-order valence-electron chi connectivity index (χ1n) is 10.5. The summed E-state index contributed by atoms with van der Waals surface area (Å²) in [5, 5.41) is 17.4. The first-order valence-corrected chi connectivity index (χ1v) is 10.5. The van der Waals surface area contributed by atoms with Crippen molar-refractivity contribution in [3.8, 4) is 11.8 Å². The molecule has 4 aromatic rings. The van der Waals surface area contributed by atoms with Crippen LogP contribution in [0, 0.1) is 11.3 Å². The van der Waals surface area contributed by atoms with E-state index in [0.717, 1.165) is 16.5 Å². The Morgan fingerprint density at radius 1 is 0.882 bits per heavy atom. The number of benzene rings is 4. The second-order valence-corrected chi connectivity index (χ2v) is 7.34. The maximum absolute atomic E-state index is 11.9. The van der Waals surface area contributed by atoms with Gasteiger partial charge in [0.25, 0.3) is 0 Å². The molecular formula is C27H20N4O3. The van der Waals surface area contributed by atoms with Gasteiger partial charge in [-0.3, -0.25) is 9.59 Å². The lowest BCUT2D eigenvalue weighted by Gasteiger charge is -2.09. The van der Waals surface area contributed by atoms with Crippen molar-refractivity contribution < 1.29 is 14.3 Å². The van der Waals surface area contributed by atoms with Gasteiger partial charge in [-0.25, -0.2) is 5.43 Å². The van der Waals surface area contributed by atoms with E-state index in [0.29, 0.717) is 23.6 Å². The van der Waals surface area contributed by atoms with Crippen LogP contribution in [-0.4, -0.2) is 18.0 Å². The van der Waals surface area contributed by atoms with E-state index in [2.05, 4.69) is 34.0 Å². The highest BCUT2D eigenvalue weighted by Gasteiger charge is 2.12. The summed E-state index contributed by atoms with van der Waals surface area (Å²) in [7, 11) is 0. The van der Waals surface area contributed by atoms with Crippen molar-refractivity contribution in [2.45, 2.75) is 6.61 Å². The lowest BCUT2D eigenvalue weighted by Crippen LogP contribution is -2.32. The van der Waals surface area contributed by atoms with Crippen LogP contribution in [0.5, 0.6) is 5.75 Å². The molecule has 0 heterocycles. The van der Waals surface area contributed by atoms with Crippen molar-refractivity contribution in [2.24, 2.45) is 5.10 Å². The predicted octanol–water partition coefficient (Wildman–Crippen LogP) is 4.38. The average Bonchev–Trinajstić information content (AvgIpc) is 2.88. The Bertz CT molecular complexity index is 1380. The van der Waals surface area contributed by atoms with Crippen LogP contribution in [0.2, 0.25) is 0 Å². The third-order valence-electron chi connectivity index (χ3n) is 5.01. The first kappa shape index (κ1) is 22.2. The van der Waals surface area contributed by atoms with Gasteiger partial charge in [0.2, 0.25) is 0 Å². The molecule has 0 saturated carbocycles. The standard InChI is InChI=1S/C27H20N4O3/c28-16-19-8-12-23(13-9-19)30-26(32)27(33)31-29-17-20-10-14-24(15-11-20)34-18-22-6-3-5-21-4-1-2-7-25(21)22/h1-15,17H,18H2,(H,30,32)(H,31,33)/b29-17+. The highest BCUT2D eigenvalue weighted by Crippen LogP contribution is 2.21. The summed E-state index contributed by atoms with van der Waals surface area (Å²) in [6, 6.07) is 29.7. The summed E-state index contributed by atoms with van der Waals surface area (Å²) in [4.78, 5) is 23.9. The number of ether oxygens (including phenoxy) is 1. The third-order valence-corrected chi connectivity index (χ3v) is 5.01. The van der Waals surface area contributed by atoms with E-state index in [1.54, 1.807) is 24.3 Å². The second kappa shape index (κ2) is 10.6. The molecule has 4 aromatic carbocycles. The van der Waals surface area contributed by atoms with Crippen LogP contribution in [0.15, 0.2) is 96.1 Å². The highest BCUT2D eigenvalue weighted by molar-refractivity contribution is 6.39. The number of amides is 2. The fraction of sp³-hybridized carbons (Fsp3) is 0.0370. The minimum absolute atomic E-state index is 0.405. The van der Waals surface area contributed by atoms with E-state index in [-0.39, 0.29) is 0 Å². The summed E-state index contributed by atoms with van der Waals surface area (Å²) in [5.41, 5.74) is 4.88. The normalized spacial score (nSPS) is 10.6. The number of nitriles is 1. The van der Waals surface area contributed by atoms with Gasteiger partial charge in [0, 0.05) is 5.69 Å². The van der Waals surface area contributed by atoms with Crippen molar-refractivity contribution in [3.05, 3.63) is 108 Å². The number of carbonyl (C=O) groups is 2. The molecule has 0 radical (unpaired) electrons. The number of nitrogens with zero attached hydrogens (tertiary/aromatic N) is 2. The van der Waals surface area contributed by atoms with Crippen molar-refractivity contribution in [1.82, 2.24) is 5.43 Å². The summed E-state index contributed by atoms with van der Waals surface area (Å²) in [6.07, 6.45) is 1.43. The topological polar surface area (TPSA) is 104 Å². The summed E-state index contributed by atoms with van der Waals surface area (Å²) in [5.74, 6) is -1.06. The molecule has 0 aliphatic heterocycles. The molecule has 2 amide bonds. The number of hydrogen-bond acceptors (Lipinski definition) is 5. The smallest absolute Gasteiger partial charge is 0.329 e. The van der Waals surface area contributed by atoms with Gasteiger partial charge in [-0.05, 0) is 70.4 Å². The fourth-order valence-corrected chi connectivity index (χ4v) is 3.26. The van der Waals surface area contributed by atoms with Crippen LogP contribution in [0.4, 0.5) is 5.69 Å². The minimum atomic E-state index is -0.907. The van der Waals surface area contributed by atoms with Gasteiger partial charge in [0.05, 0.1) is 17.8 Å². The molecule has 7 nitrogen and oxygen atoms in total. The molecule has 0 aromatic heterocycles. The van der Waals surface area contributed by atoms with Crippen molar-refractivity contribution in [1.29, 1.82) is 5.26 Å². The molecular weight excluding hydrogens is 428 g/mol. The molecule has 0 saturated heterocycles. The van der Waals surface area contributed by atoms with Gasteiger partial charge in [-0.1, -0.05) is 42.5 Å². The van der Waals surface area contributed by atoms with E-state index in [4.69, 9.17) is 10.00 Å². The minimum Gasteiger partial charge on any atom is -0.489 e. The molecule has 166 valence electrons. The Kier molecular flexibility index (Phi) is 6.91. The summed E-state index contributed by atoms with van der Waals surface area (Å²) < 4.78 is 5.92. The van der Waals surface area contributed by atoms with E-state index in [1.165, 1.54) is 23.7 Å². The molecule has 0 aliphatic rings. The maximum atomic E-state index is 11.9. The van der Waals surface area contributed by atoms with Gasteiger partial charge in [0.1, 0.15) is 12.4 Å². The Balaban J connectivity index is 1.28. The van der Waals surface area contributed by atoms with E-state index >= 15 is 0 Å². The maximum Gasteiger partial charge on any atom is 0.329 e. The van der Waals surface area contributed by atoms with Crippen LogP contribution < -0.4 is 15.5 Å². The van der Waals surface area contributed by atoms with E-state index < -0.39 is 11.8 Å². The van der Waals surface area contributed by atoms with Gasteiger partial charge in [-0.2, -0.15) is 10.4 Å². The van der Waals surface area contributed by atoms with Gasteiger partial charge >= 0.3 is 11.8 Å².